The van der Waals surface area contributed by atoms with Gasteiger partial charge in [0, 0.05) is 49.3 Å². The van der Waals surface area contributed by atoms with Crippen LogP contribution in [0.2, 0.25) is 0 Å². The largest absolute Gasteiger partial charge is 0.353 e. The third-order valence-electron chi connectivity index (χ3n) is 6.61. The van der Waals surface area contributed by atoms with Crippen LogP contribution >= 0.6 is 11.5 Å². The number of piperazine rings is 1. The van der Waals surface area contributed by atoms with Crippen LogP contribution in [0.4, 0.5) is 5.82 Å². The molecule has 5 rings (SSSR count). The summed E-state index contributed by atoms with van der Waals surface area (Å²) in [5, 5.41) is 1.26. The van der Waals surface area contributed by atoms with Crippen LogP contribution in [-0.2, 0) is 9.59 Å². The topological polar surface area (TPSA) is 56.8 Å². The van der Waals surface area contributed by atoms with Gasteiger partial charge in [-0.3, -0.25) is 19.4 Å². The molecule has 3 heterocycles. The molecule has 0 saturated carbocycles. The minimum Gasteiger partial charge on any atom is -0.353 e. The van der Waals surface area contributed by atoms with Crippen molar-refractivity contribution >= 4 is 39.3 Å². The number of hydrogen-bond donors (Lipinski definition) is 0. The van der Waals surface area contributed by atoms with Gasteiger partial charge in [0.05, 0.1) is 4.70 Å². The molecule has 1 aromatic carbocycles. The normalized spacial score (nSPS) is 20.5. The van der Waals surface area contributed by atoms with Crippen LogP contribution in [-0.4, -0.2) is 65.3 Å². The average Bonchev–Trinajstić information content (AvgIpc) is 3.32. The average molecular weight is 425 g/mol. The summed E-state index contributed by atoms with van der Waals surface area (Å²) >= 11 is 1.58. The number of amides is 2. The Hall–Kier alpha value is -2.25. The summed E-state index contributed by atoms with van der Waals surface area (Å²) in [6, 6.07) is 8.44. The smallest absolute Gasteiger partial charge is 0.257 e. The van der Waals surface area contributed by atoms with Crippen LogP contribution in [0, 0.1) is 0 Å². The van der Waals surface area contributed by atoms with E-state index in [1.54, 1.807) is 11.5 Å². The predicted molar refractivity (Wildman–Crippen MR) is 120 cm³/mol. The van der Waals surface area contributed by atoms with Gasteiger partial charge in [0.1, 0.15) is 5.82 Å². The van der Waals surface area contributed by atoms with Crippen molar-refractivity contribution < 1.29 is 9.59 Å². The van der Waals surface area contributed by atoms with Crippen LogP contribution in [0.3, 0.4) is 0 Å². The molecule has 7 heteroatoms. The molecule has 2 aliphatic heterocycles. The van der Waals surface area contributed by atoms with Crippen LogP contribution in [0.5, 0.6) is 0 Å². The summed E-state index contributed by atoms with van der Waals surface area (Å²) in [6.45, 7) is 5.64. The summed E-state index contributed by atoms with van der Waals surface area (Å²) in [5.74, 6) is 1.09. The van der Waals surface area contributed by atoms with Crippen molar-refractivity contribution in [2.75, 3.05) is 44.2 Å². The molecule has 2 aromatic rings. The molecular weight excluding hydrogens is 396 g/mol. The third-order valence-corrected chi connectivity index (χ3v) is 7.43. The van der Waals surface area contributed by atoms with Gasteiger partial charge in [0.15, 0.2) is 0 Å². The number of nitrogens with zero attached hydrogens (tertiary/aromatic N) is 4. The maximum Gasteiger partial charge on any atom is 0.257 e. The van der Waals surface area contributed by atoms with Gasteiger partial charge in [-0.15, -0.1) is 0 Å². The minimum absolute atomic E-state index is 0.0150. The lowest BCUT2D eigenvalue weighted by Crippen LogP contribution is -2.46. The fraction of sp³-hybridized carbons (Fsp3) is 0.522. The van der Waals surface area contributed by atoms with Crippen molar-refractivity contribution in [1.82, 2.24) is 14.2 Å². The fourth-order valence-electron chi connectivity index (χ4n) is 4.89. The Labute approximate surface area is 181 Å². The Balaban J connectivity index is 1.07. The highest BCUT2D eigenvalue weighted by molar-refractivity contribution is 7.13. The fourth-order valence-corrected chi connectivity index (χ4v) is 5.68. The van der Waals surface area contributed by atoms with Crippen molar-refractivity contribution in [2.45, 2.75) is 38.5 Å². The van der Waals surface area contributed by atoms with Gasteiger partial charge in [0.25, 0.3) is 11.8 Å². The summed E-state index contributed by atoms with van der Waals surface area (Å²) in [4.78, 5) is 31.4. The monoisotopic (exact) mass is 424 g/mol. The van der Waals surface area contributed by atoms with E-state index in [1.165, 1.54) is 15.0 Å². The third kappa shape index (κ3) is 3.65. The summed E-state index contributed by atoms with van der Waals surface area (Å²) in [7, 11) is 0. The van der Waals surface area contributed by atoms with Gasteiger partial charge < -0.3 is 4.90 Å². The molecule has 1 saturated heterocycles. The standard InChI is InChI=1S/C23H28N4O2S/c28-22-17-7-1-2-8-18(17)23(29)27(22)12-6-5-11-25-13-15-26(16-14-25)21-19-9-3-4-10-20(19)30-24-21/h3-4,9-10H,1-2,5-8,11-16H2. The van der Waals surface area contributed by atoms with Gasteiger partial charge >= 0.3 is 0 Å². The highest BCUT2D eigenvalue weighted by Gasteiger charge is 2.38. The lowest BCUT2D eigenvalue weighted by atomic mass is 9.93. The van der Waals surface area contributed by atoms with Gasteiger partial charge in [-0.05, 0) is 68.7 Å². The number of carbonyl (C=O) groups excluding carboxylic acids is 2. The molecule has 1 aromatic heterocycles. The number of anilines is 1. The lowest BCUT2D eigenvalue weighted by Gasteiger charge is -2.35. The molecule has 30 heavy (non-hydrogen) atoms. The molecule has 0 radical (unpaired) electrons. The molecule has 0 spiro atoms. The predicted octanol–water partition coefficient (Wildman–Crippen LogP) is 3.44. The first-order valence-corrected chi connectivity index (χ1v) is 11.9. The molecule has 1 fully saturated rings. The van der Waals surface area contributed by atoms with Crippen LogP contribution in [0.1, 0.15) is 38.5 Å². The number of benzene rings is 1. The highest BCUT2D eigenvalue weighted by Crippen LogP contribution is 2.33. The quantitative estimate of drug-likeness (QED) is 0.525. The number of carbonyl (C=O) groups is 2. The van der Waals surface area contributed by atoms with E-state index in [9.17, 15) is 9.59 Å². The Bertz CT molecular complexity index is 962. The molecule has 6 nitrogen and oxygen atoms in total. The number of aromatic nitrogens is 1. The molecule has 0 bridgehead atoms. The summed E-state index contributed by atoms with van der Waals surface area (Å²) < 4.78 is 5.93. The van der Waals surface area contributed by atoms with Crippen LogP contribution in [0.15, 0.2) is 35.4 Å². The van der Waals surface area contributed by atoms with E-state index < -0.39 is 0 Å². The molecule has 3 aliphatic rings. The Morgan fingerprint density at radius 2 is 1.53 bits per heavy atom. The van der Waals surface area contributed by atoms with Crippen LogP contribution in [0.25, 0.3) is 10.1 Å². The van der Waals surface area contributed by atoms with E-state index in [0.29, 0.717) is 6.54 Å². The number of fused-ring (bicyclic) bond motifs is 1. The zero-order valence-electron chi connectivity index (χ0n) is 17.3. The van der Waals surface area contributed by atoms with Crippen molar-refractivity contribution in [3.8, 4) is 0 Å². The van der Waals surface area contributed by atoms with E-state index in [1.807, 2.05) is 0 Å². The van der Waals surface area contributed by atoms with Gasteiger partial charge in [0.2, 0.25) is 0 Å². The summed E-state index contributed by atoms with van der Waals surface area (Å²) in [5.41, 5.74) is 1.61. The minimum atomic E-state index is -0.0150. The first-order chi connectivity index (χ1) is 14.7. The van der Waals surface area contributed by atoms with Gasteiger partial charge in [-0.1, -0.05) is 12.1 Å². The number of unbranched alkanes of at least 4 members (excludes halogenated alkanes) is 1. The van der Waals surface area contributed by atoms with E-state index in [-0.39, 0.29) is 11.8 Å². The summed E-state index contributed by atoms with van der Waals surface area (Å²) in [6.07, 6.45) is 5.54. The van der Waals surface area contributed by atoms with Crippen molar-refractivity contribution in [3.63, 3.8) is 0 Å². The second-order valence-electron chi connectivity index (χ2n) is 8.46. The first kappa shape index (κ1) is 19.7. The molecule has 0 unspecified atom stereocenters. The maximum atomic E-state index is 12.5. The van der Waals surface area contributed by atoms with Crippen molar-refractivity contribution in [1.29, 1.82) is 0 Å². The highest BCUT2D eigenvalue weighted by atomic mass is 32.1. The Morgan fingerprint density at radius 3 is 2.27 bits per heavy atom. The Kier molecular flexibility index (Phi) is 5.56. The molecule has 1 aliphatic carbocycles. The second kappa shape index (κ2) is 8.47. The molecule has 158 valence electrons. The van der Waals surface area contributed by atoms with E-state index >= 15 is 0 Å². The zero-order chi connectivity index (χ0) is 20.5. The lowest BCUT2D eigenvalue weighted by molar-refractivity contribution is -0.137. The van der Waals surface area contributed by atoms with E-state index in [2.05, 4.69) is 38.4 Å². The molecule has 0 N–H and O–H groups in total. The van der Waals surface area contributed by atoms with Gasteiger partial charge in [-0.2, -0.15) is 4.37 Å². The molecule has 2 amide bonds. The first-order valence-electron chi connectivity index (χ1n) is 11.1. The SMILES string of the molecule is O=C1C2=C(CCCC2)C(=O)N1CCCCN1CCN(c2nsc3ccccc23)CC1. The van der Waals surface area contributed by atoms with Crippen LogP contribution < -0.4 is 4.90 Å². The second-order valence-corrected chi connectivity index (χ2v) is 9.27. The number of imide groups is 1. The van der Waals surface area contributed by atoms with Crippen molar-refractivity contribution in [3.05, 3.63) is 35.4 Å². The van der Waals surface area contributed by atoms with Gasteiger partial charge in [-0.25, -0.2) is 0 Å². The number of hydrogen-bond acceptors (Lipinski definition) is 6. The van der Waals surface area contributed by atoms with E-state index in [0.717, 1.165) is 88.2 Å². The van der Waals surface area contributed by atoms with E-state index in [4.69, 9.17) is 0 Å². The molecule has 0 atom stereocenters. The zero-order valence-corrected chi connectivity index (χ0v) is 18.1. The van der Waals surface area contributed by atoms with Crippen molar-refractivity contribution in [2.24, 2.45) is 0 Å². The number of rotatable bonds is 6. The maximum absolute atomic E-state index is 12.5. The molecular formula is C23H28N4O2S. The Morgan fingerprint density at radius 1 is 0.867 bits per heavy atom.